The minimum absolute atomic E-state index is 0.169. The van der Waals surface area contributed by atoms with Crippen LogP contribution in [0.25, 0.3) is 10.2 Å². The van der Waals surface area contributed by atoms with Crippen LogP contribution in [-0.4, -0.2) is 56.3 Å². The van der Waals surface area contributed by atoms with Crippen LogP contribution in [0.4, 0.5) is 0 Å². The summed E-state index contributed by atoms with van der Waals surface area (Å²) in [5.41, 5.74) is 1.02. The standard InChI is InChI=1S/C21H25N3O4S4/c1-28-11-10-24-17-8-7-16(29-2)13-18(17)31-21(24)22-20(25)15-5-3-9-23(14-15)32(26,27)19-6-4-12-30-19/h4,6-8,12-13,15H,3,5,9-11,14H2,1-2H3. The number of amides is 1. The van der Waals surface area contributed by atoms with E-state index in [0.29, 0.717) is 41.5 Å². The van der Waals surface area contributed by atoms with Crippen LogP contribution in [0.2, 0.25) is 0 Å². The quantitative estimate of drug-likeness (QED) is 0.452. The lowest BCUT2D eigenvalue weighted by Crippen LogP contribution is -2.42. The third-order valence-electron chi connectivity index (χ3n) is 5.44. The molecule has 4 rings (SSSR count). The number of ether oxygens (including phenoxy) is 1. The predicted octanol–water partition coefficient (Wildman–Crippen LogP) is 3.66. The van der Waals surface area contributed by atoms with Crippen molar-refractivity contribution in [2.75, 3.05) is 33.1 Å². The molecule has 1 aromatic carbocycles. The van der Waals surface area contributed by atoms with Crippen LogP contribution >= 0.6 is 34.4 Å². The molecular formula is C21H25N3O4S4. The molecule has 11 heteroatoms. The van der Waals surface area contributed by atoms with Gasteiger partial charge in [-0.15, -0.1) is 23.1 Å². The number of aromatic nitrogens is 1. The van der Waals surface area contributed by atoms with Gasteiger partial charge in [-0.25, -0.2) is 8.42 Å². The SMILES string of the molecule is COCCn1c(=NC(=O)C2CCCN(S(=O)(=O)c3cccs3)C2)sc2cc(SC)ccc21. The number of carbonyl (C=O) groups is 1. The van der Waals surface area contributed by atoms with Crippen molar-refractivity contribution in [2.45, 2.75) is 28.5 Å². The summed E-state index contributed by atoms with van der Waals surface area (Å²) in [6.07, 6.45) is 3.31. The number of thiazole rings is 1. The lowest BCUT2D eigenvalue weighted by Gasteiger charge is -2.29. The zero-order chi connectivity index (χ0) is 22.7. The van der Waals surface area contributed by atoms with Crippen LogP contribution in [0.5, 0.6) is 0 Å². The fourth-order valence-corrected chi connectivity index (χ4v) is 8.03. The van der Waals surface area contributed by atoms with Crippen molar-refractivity contribution >= 4 is 60.6 Å². The lowest BCUT2D eigenvalue weighted by molar-refractivity contribution is -0.122. The summed E-state index contributed by atoms with van der Waals surface area (Å²) in [5.74, 6) is -0.708. The number of hydrogen-bond donors (Lipinski definition) is 0. The van der Waals surface area contributed by atoms with Gasteiger partial charge in [0, 0.05) is 31.6 Å². The first-order valence-electron chi connectivity index (χ1n) is 10.2. The number of sulfonamides is 1. The van der Waals surface area contributed by atoms with Crippen LogP contribution in [0.1, 0.15) is 12.8 Å². The first-order valence-corrected chi connectivity index (χ1v) is 14.6. The van der Waals surface area contributed by atoms with Gasteiger partial charge in [0.2, 0.25) is 0 Å². The summed E-state index contributed by atoms with van der Waals surface area (Å²) < 4.78 is 35.9. The van der Waals surface area contributed by atoms with Crippen molar-refractivity contribution in [3.63, 3.8) is 0 Å². The Labute approximate surface area is 199 Å². The maximum absolute atomic E-state index is 13.1. The number of nitrogens with zero attached hydrogens (tertiary/aromatic N) is 3. The number of methoxy groups -OCH3 is 1. The number of rotatable bonds is 7. The Bertz CT molecular complexity index is 1260. The molecule has 0 radical (unpaired) electrons. The number of thiophene rings is 1. The normalized spacial score (nSPS) is 18.4. The largest absolute Gasteiger partial charge is 0.383 e. The number of fused-ring (bicyclic) bond motifs is 1. The Morgan fingerprint density at radius 1 is 1.34 bits per heavy atom. The van der Waals surface area contributed by atoms with Gasteiger partial charge in [0.25, 0.3) is 15.9 Å². The van der Waals surface area contributed by atoms with E-state index in [1.807, 2.05) is 16.9 Å². The van der Waals surface area contributed by atoms with Crippen LogP contribution in [0.15, 0.2) is 49.8 Å². The molecule has 0 spiro atoms. The Morgan fingerprint density at radius 3 is 2.91 bits per heavy atom. The van der Waals surface area contributed by atoms with Gasteiger partial charge in [0.15, 0.2) is 4.80 Å². The molecule has 1 saturated heterocycles. The summed E-state index contributed by atoms with van der Waals surface area (Å²) in [6, 6.07) is 9.54. The van der Waals surface area contributed by atoms with Crippen LogP contribution in [0.3, 0.4) is 0 Å². The van der Waals surface area contributed by atoms with E-state index in [1.165, 1.54) is 27.0 Å². The molecule has 7 nitrogen and oxygen atoms in total. The van der Waals surface area contributed by atoms with Gasteiger partial charge < -0.3 is 9.30 Å². The Morgan fingerprint density at radius 2 is 2.19 bits per heavy atom. The van der Waals surface area contributed by atoms with E-state index in [9.17, 15) is 13.2 Å². The highest BCUT2D eigenvalue weighted by molar-refractivity contribution is 7.98. The molecule has 3 heterocycles. The average molecular weight is 512 g/mol. The van der Waals surface area contributed by atoms with Gasteiger partial charge >= 0.3 is 0 Å². The van der Waals surface area contributed by atoms with Crippen LogP contribution in [0, 0.1) is 5.92 Å². The molecule has 172 valence electrons. The first-order chi connectivity index (χ1) is 15.4. The molecule has 0 bridgehead atoms. The van der Waals surface area contributed by atoms with Crippen molar-refractivity contribution in [3.8, 4) is 0 Å². The van der Waals surface area contributed by atoms with Crippen LogP contribution < -0.4 is 4.80 Å². The van der Waals surface area contributed by atoms with Gasteiger partial charge in [0.05, 0.1) is 22.7 Å². The minimum Gasteiger partial charge on any atom is -0.383 e. The minimum atomic E-state index is -3.57. The highest BCUT2D eigenvalue weighted by Gasteiger charge is 2.33. The number of hydrogen-bond acceptors (Lipinski definition) is 7. The molecule has 1 amide bonds. The molecule has 0 N–H and O–H groups in total. The highest BCUT2D eigenvalue weighted by Crippen LogP contribution is 2.27. The number of thioether (sulfide) groups is 1. The molecule has 1 unspecified atom stereocenters. The fraction of sp³-hybridized carbons (Fsp3) is 0.429. The molecule has 1 atom stereocenters. The highest BCUT2D eigenvalue weighted by atomic mass is 32.2. The van der Waals surface area contributed by atoms with Crippen molar-refractivity contribution in [3.05, 3.63) is 40.5 Å². The van der Waals surface area contributed by atoms with E-state index >= 15 is 0 Å². The lowest BCUT2D eigenvalue weighted by atomic mass is 9.99. The Balaban J connectivity index is 1.63. The molecular weight excluding hydrogens is 487 g/mol. The second kappa shape index (κ2) is 10.2. The summed E-state index contributed by atoms with van der Waals surface area (Å²) in [6.45, 7) is 1.69. The summed E-state index contributed by atoms with van der Waals surface area (Å²) in [5, 5.41) is 1.75. The average Bonchev–Trinajstić information content (AvgIpc) is 3.46. The third kappa shape index (κ3) is 4.87. The van der Waals surface area contributed by atoms with E-state index in [2.05, 4.69) is 17.1 Å². The van der Waals surface area contributed by atoms with Gasteiger partial charge in [-0.3, -0.25) is 4.79 Å². The molecule has 1 aliphatic rings. The number of carbonyl (C=O) groups excluding carboxylic acids is 1. The molecule has 3 aromatic rings. The molecule has 0 aliphatic carbocycles. The van der Waals surface area contributed by atoms with Gasteiger partial charge in [0.1, 0.15) is 4.21 Å². The van der Waals surface area contributed by atoms with Gasteiger partial charge in [-0.1, -0.05) is 17.4 Å². The van der Waals surface area contributed by atoms with E-state index in [0.717, 1.165) is 15.1 Å². The number of piperidine rings is 1. The van der Waals surface area contributed by atoms with Crippen molar-refractivity contribution in [2.24, 2.45) is 10.9 Å². The second-order valence-electron chi connectivity index (χ2n) is 7.45. The van der Waals surface area contributed by atoms with E-state index in [-0.39, 0.29) is 12.5 Å². The molecule has 1 aliphatic heterocycles. The summed E-state index contributed by atoms with van der Waals surface area (Å²) in [4.78, 5) is 19.4. The van der Waals surface area contributed by atoms with Gasteiger partial charge in [-0.2, -0.15) is 9.30 Å². The maximum Gasteiger partial charge on any atom is 0.252 e. The van der Waals surface area contributed by atoms with Crippen LogP contribution in [-0.2, 0) is 26.1 Å². The topological polar surface area (TPSA) is 81.0 Å². The Kier molecular flexibility index (Phi) is 7.53. The van der Waals surface area contributed by atoms with E-state index < -0.39 is 15.9 Å². The molecule has 32 heavy (non-hydrogen) atoms. The smallest absolute Gasteiger partial charge is 0.252 e. The number of benzene rings is 1. The zero-order valence-corrected chi connectivity index (χ0v) is 21.2. The van der Waals surface area contributed by atoms with E-state index in [1.54, 1.807) is 36.4 Å². The molecule has 1 fully saturated rings. The first kappa shape index (κ1) is 23.7. The summed E-state index contributed by atoms with van der Waals surface area (Å²) in [7, 11) is -1.92. The molecule has 2 aromatic heterocycles. The monoisotopic (exact) mass is 511 g/mol. The molecule has 0 saturated carbocycles. The summed E-state index contributed by atoms with van der Waals surface area (Å²) >= 11 is 4.34. The zero-order valence-electron chi connectivity index (χ0n) is 17.9. The van der Waals surface area contributed by atoms with Gasteiger partial charge in [-0.05, 0) is 48.7 Å². The van der Waals surface area contributed by atoms with Crippen molar-refractivity contribution in [1.29, 1.82) is 0 Å². The second-order valence-corrected chi connectivity index (χ2v) is 12.4. The van der Waals surface area contributed by atoms with Crippen molar-refractivity contribution < 1.29 is 17.9 Å². The van der Waals surface area contributed by atoms with E-state index in [4.69, 9.17) is 4.74 Å². The fourth-order valence-electron chi connectivity index (χ4n) is 3.75. The Hall–Kier alpha value is -1.50. The predicted molar refractivity (Wildman–Crippen MR) is 130 cm³/mol. The third-order valence-corrected chi connectivity index (χ3v) is 10.4. The van der Waals surface area contributed by atoms with Crippen molar-refractivity contribution in [1.82, 2.24) is 8.87 Å². The maximum atomic E-state index is 13.1.